The van der Waals surface area contributed by atoms with E-state index in [9.17, 15) is 4.79 Å². The summed E-state index contributed by atoms with van der Waals surface area (Å²) in [7, 11) is 0. The first-order chi connectivity index (χ1) is 8.70. The molecule has 0 amide bonds. The average molecular weight is 259 g/mol. The summed E-state index contributed by atoms with van der Waals surface area (Å²) in [5.41, 5.74) is 1.30. The maximum absolute atomic E-state index is 10.9. The predicted octanol–water partition coefficient (Wildman–Crippen LogP) is 3.51. The number of hydrogen-bond acceptors (Lipinski definition) is 3. The molecule has 1 aromatic heterocycles. The van der Waals surface area contributed by atoms with Gasteiger partial charge in [-0.15, -0.1) is 11.3 Å². The zero-order chi connectivity index (χ0) is 12.3. The third-order valence-corrected chi connectivity index (χ3v) is 5.43. The van der Waals surface area contributed by atoms with Crippen LogP contribution in [0.2, 0.25) is 0 Å². The lowest BCUT2D eigenvalue weighted by Crippen LogP contribution is -1.94. The number of carboxylic acids is 1. The summed E-state index contributed by atoms with van der Waals surface area (Å²) < 4.78 is 1.01. The fourth-order valence-electron chi connectivity index (χ4n) is 3.17. The minimum atomic E-state index is -0.867. The molecule has 0 radical (unpaired) electrons. The van der Waals surface area contributed by atoms with Crippen LogP contribution in [-0.4, -0.2) is 16.1 Å². The highest BCUT2D eigenvalue weighted by molar-refractivity contribution is 7.18. The first-order valence-electron chi connectivity index (χ1n) is 6.34. The van der Waals surface area contributed by atoms with Crippen LogP contribution in [0.15, 0.2) is 18.2 Å². The Labute approximate surface area is 108 Å². The third-order valence-electron chi connectivity index (χ3n) is 4.24. The molecule has 1 heterocycles. The van der Waals surface area contributed by atoms with E-state index in [0.717, 1.165) is 22.1 Å². The molecular weight excluding hydrogens is 246 g/mol. The lowest BCUT2D eigenvalue weighted by atomic mass is 10.1. The summed E-state index contributed by atoms with van der Waals surface area (Å²) in [6, 6.07) is 5.21. The van der Waals surface area contributed by atoms with Gasteiger partial charge in [0.25, 0.3) is 0 Å². The van der Waals surface area contributed by atoms with Crippen LogP contribution >= 0.6 is 11.3 Å². The van der Waals surface area contributed by atoms with Crippen molar-refractivity contribution < 1.29 is 9.90 Å². The van der Waals surface area contributed by atoms with Crippen LogP contribution in [0, 0.1) is 11.8 Å². The Balaban J connectivity index is 1.72. The second kappa shape index (κ2) is 3.54. The summed E-state index contributed by atoms with van der Waals surface area (Å²) >= 11 is 1.67. The number of rotatable bonds is 2. The van der Waals surface area contributed by atoms with E-state index in [1.807, 2.05) is 6.07 Å². The number of nitrogens with zero attached hydrogens (tertiary/aromatic N) is 1. The number of aromatic carboxylic acids is 1. The first-order valence-corrected chi connectivity index (χ1v) is 7.16. The average Bonchev–Trinajstić information content (AvgIpc) is 2.81. The minimum absolute atomic E-state index is 0.354. The van der Waals surface area contributed by atoms with Crippen molar-refractivity contribution in [1.29, 1.82) is 0 Å². The molecule has 2 aliphatic rings. The molecule has 1 aromatic carbocycles. The maximum Gasteiger partial charge on any atom is 0.335 e. The highest BCUT2D eigenvalue weighted by atomic mass is 32.1. The lowest BCUT2D eigenvalue weighted by Gasteiger charge is -2.06. The van der Waals surface area contributed by atoms with Gasteiger partial charge in [0.05, 0.1) is 20.8 Å². The molecule has 18 heavy (non-hydrogen) atoms. The molecule has 0 bridgehead atoms. The smallest absolute Gasteiger partial charge is 0.335 e. The number of fused-ring (bicyclic) bond motifs is 2. The summed E-state index contributed by atoms with van der Waals surface area (Å²) in [5, 5.41) is 10.2. The maximum atomic E-state index is 10.9. The van der Waals surface area contributed by atoms with Crippen molar-refractivity contribution in [3.05, 3.63) is 28.8 Å². The molecule has 1 N–H and O–H groups in total. The number of carboxylic acid groups (broad SMARTS) is 1. The molecule has 2 aromatic rings. The Morgan fingerprint density at radius 2 is 2.06 bits per heavy atom. The van der Waals surface area contributed by atoms with Crippen molar-refractivity contribution >= 4 is 27.5 Å². The summed E-state index contributed by atoms with van der Waals surface area (Å²) in [5.74, 6) is 1.67. The molecule has 2 unspecified atom stereocenters. The van der Waals surface area contributed by atoms with Crippen molar-refractivity contribution in [2.75, 3.05) is 0 Å². The van der Waals surface area contributed by atoms with Crippen molar-refractivity contribution in [1.82, 2.24) is 4.98 Å². The Kier molecular flexibility index (Phi) is 2.07. The van der Waals surface area contributed by atoms with Crippen LogP contribution in [0.25, 0.3) is 10.2 Å². The molecule has 2 fully saturated rings. The molecular formula is C14H13NO2S. The Bertz CT molecular complexity index is 638. The van der Waals surface area contributed by atoms with Gasteiger partial charge in [0.15, 0.2) is 0 Å². The molecule has 0 aliphatic heterocycles. The molecule has 2 aliphatic carbocycles. The van der Waals surface area contributed by atoms with Gasteiger partial charge >= 0.3 is 5.97 Å². The zero-order valence-electron chi connectivity index (χ0n) is 9.80. The van der Waals surface area contributed by atoms with Gasteiger partial charge < -0.3 is 5.11 Å². The Hall–Kier alpha value is -1.42. The van der Waals surface area contributed by atoms with E-state index in [4.69, 9.17) is 5.11 Å². The van der Waals surface area contributed by atoms with Gasteiger partial charge in [0.1, 0.15) is 0 Å². The number of hydrogen-bond donors (Lipinski definition) is 1. The molecule has 92 valence electrons. The van der Waals surface area contributed by atoms with Gasteiger partial charge in [-0.3, -0.25) is 0 Å². The van der Waals surface area contributed by atoms with Gasteiger partial charge in [-0.2, -0.15) is 0 Å². The van der Waals surface area contributed by atoms with E-state index in [2.05, 4.69) is 4.98 Å². The van der Waals surface area contributed by atoms with E-state index >= 15 is 0 Å². The molecule has 2 saturated carbocycles. The number of aromatic nitrogens is 1. The largest absolute Gasteiger partial charge is 0.478 e. The van der Waals surface area contributed by atoms with Crippen LogP contribution < -0.4 is 0 Å². The van der Waals surface area contributed by atoms with E-state index in [1.54, 1.807) is 23.5 Å². The van der Waals surface area contributed by atoms with Crippen molar-refractivity contribution in [3.63, 3.8) is 0 Å². The summed E-state index contributed by atoms with van der Waals surface area (Å²) in [6.07, 6.45) is 4.00. The SMILES string of the molecule is O=C(O)c1ccc2nc(C3CC4CC4C3)sc2c1. The number of benzene rings is 1. The topological polar surface area (TPSA) is 50.2 Å². The van der Waals surface area contributed by atoms with E-state index in [0.29, 0.717) is 11.5 Å². The predicted molar refractivity (Wildman–Crippen MR) is 70.2 cm³/mol. The van der Waals surface area contributed by atoms with E-state index in [-0.39, 0.29) is 0 Å². The van der Waals surface area contributed by atoms with Crippen molar-refractivity contribution in [3.8, 4) is 0 Å². The quantitative estimate of drug-likeness (QED) is 0.897. The van der Waals surface area contributed by atoms with Crippen molar-refractivity contribution in [2.24, 2.45) is 11.8 Å². The van der Waals surface area contributed by atoms with Crippen LogP contribution in [0.1, 0.15) is 40.5 Å². The highest BCUT2D eigenvalue weighted by Crippen LogP contribution is 2.58. The normalized spacial score (nSPS) is 29.4. The Morgan fingerprint density at radius 3 is 2.78 bits per heavy atom. The second-order valence-electron chi connectivity index (χ2n) is 5.46. The number of carbonyl (C=O) groups is 1. The third kappa shape index (κ3) is 1.56. The number of thiazole rings is 1. The second-order valence-corrected chi connectivity index (χ2v) is 6.53. The van der Waals surface area contributed by atoms with Gasteiger partial charge in [0, 0.05) is 5.92 Å². The van der Waals surface area contributed by atoms with Gasteiger partial charge in [-0.25, -0.2) is 9.78 Å². The van der Waals surface area contributed by atoms with Crippen molar-refractivity contribution in [2.45, 2.75) is 25.2 Å². The van der Waals surface area contributed by atoms with Crippen LogP contribution in [-0.2, 0) is 0 Å². The first kappa shape index (κ1) is 10.5. The van der Waals surface area contributed by atoms with Gasteiger partial charge in [-0.1, -0.05) is 0 Å². The van der Waals surface area contributed by atoms with E-state index in [1.165, 1.54) is 24.3 Å². The fraction of sp³-hybridized carbons (Fsp3) is 0.429. The van der Waals surface area contributed by atoms with Crippen LogP contribution in [0.3, 0.4) is 0 Å². The zero-order valence-corrected chi connectivity index (χ0v) is 10.6. The van der Waals surface area contributed by atoms with Gasteiger partial charge in [-0.05, 0) is 49.3 Å². The van der Waals surface area contributed by atoms with Gasteiger partial charge in [0.2, 0.25) is 0 Å². The van der Waals surface area contributed by atoms with Crippen LogP contribution in [0.4, 0.5) is 0 Å². The summed E-state index contributed by atoms with van der Waals surface area (Å²) in [6.45, 7) is 0. The molecule has 2 atom stereocenters. The Morgan fingerprint density at radius 1 is 1.28 bits per heavy atom. The monoisotopic (exact) mass is 259 g/mol. The lowest BCUT2D eigenvalue weighted by molar-refractivity contribution is 0.0697. The molecule has 3 nitrogen and oxygen atoms in total. The molecule has 0 spiro atoms. The van der Waals surface area contributed by atoms with Crippen LogP contribution in [0.5, 0.6) is 0 Å². The standard InChI is InChI=1S/C14H13NO2S/c16-14(17)7-1-2-11-12(6-7)18-13(15-11)10-4-8-3-9(8)5-10/h1-2,6,8-10H,3-5H2,(H,16,17). The molecule has 4 rings (SSSR count). The minimum Gasteiger partial charge on any atom is -0.478 e. The highest BCUT2D eigenvalue weighted by Gasteiger charge is 2.46. The summed E-state index contributed by atoms with van der Waals surface area (Å²) in [4.78, 5) is 15.6. The molecule has 4 heteroatoms. The fourth-order valence-corrected chi connectivity index (χ4v) is 4.30. The molecule has 0 saturated heterocycles. The van der Waals surface area contributed by atoms with E-state index < -0.39 is 5.97 Å².